The van der Waals surface area contributed by atoms with E-state index in [1.807, 2.05) is 24.3 Å². The number of hydrogen-bond donors (Lipinski definition) is 1. The number of rotatable bonds is 3. The van der Waals surface area contributed by atoms with E-state index < -0.39 is 11.5 Å². The molecule has 2 aromatic rings. The third kappa shape index (κ3) is 4.59. The smallest absolute Gasteiger partial charge is 0.360 e. The molecule has 178 valence electrons. The number of para-hydroxylation sites is 2. The van der Waals surface area contributed by atoms with E-state index in [1.54, 1.807) is 4.57 Å². The van der Waals surface area contributed by atoms with Crippen molar-refractivity contribution in [3.05, 3.63) is 40.3 Å². The van der Waals surface area contributed by atoms with Crippen LogP contribution in [0.15, 0.2) is 29.1 Å². The van der Waals surface area contributed by atoms with Crippen LogP contribution in [0.5, 0.6) is 0 Å². The predicted molar refractivity (Wildman–Crippen MR) is 130 cm³/mol. The Bertz CT molecular complexity index is 1020. The van der Waals surface area contributed by atoms with Crippen LogP contribution in [0.4, 0.5) is 0 Å². The van der Waals surface area contributed by atoms with Crippen molar-refractivity contribution in [3.63, 3.8) is 0 Å². The Labute approximate surface area is 196 Å². The second-order valence-electron chi connectivity index (χ2n) is 10.4. The largest absolute Gasteiger partial charge is 0.476 e. The number of fused-ring (bicyclic) bond motifs is 3. The average molecular weight is 452 g/mol. The SMILES string of the molecule is O=C(O)c1nc2ccccc2n(C2C[C@H]3CCC[C@@H](C2)N3C2CCCCCCCCC2)c1=O. The summed E-state index contributed by atoms with van der Waals surface area (Å²) in [6, 6.07) is 9.18. The maximum Gasteiger partial charge on any atom is 0.360 e. The zero-order valence-electron chi connectivity index (χ0n) is 19.6. The molecule has 3 fully saturated rings. The van der Waals surface area contributed by atoms with Crippen molar-refractivity contribution in [1.82, 2.24) is 14.5 Å². The minimum absolute atomic E-state index is 0.0367. The van der Waals surface area contributed by atoms with Gasteiger partial charge in [-0.05, 0) is 50.7 Å². The lowest BCUT2D eigenvalue weighted by Gasteiger charge is -2.53. The lowest BCUT2D eigenvalue weighted by atomic mass is 9.79. The van der Waals surface area contributed by atoms with Crippen LogP contribution < -0.4 is 5.56 Å². The molecular weight excluding hydrogens is 414 g/mol. The number of piperidine rings is 2. The molecule has 3 atom stereocenters. The van der Waals surface area contributed by atoms with Gasteiger partial charge in [0.25, 0.3) is 5.56 Å². The van der Waals surface area contributed by atoms with Crippen molar-refractivity contribution in [2.75, 3.05) is 0 Å². The summed E-state index contributed by atoms with van der Waals surface area (Å²) in [5, 5.41) is 9.63. The second kappa shape index (κ2) is 9.96. The van der Waals surface area contributed by atoms with Gasteiger partial charge in [0.15, 0.2) is 0 Å². The number of carbonyl (C=O) groups is 1. The highest BCUT2D eigenvalue weighted by Gasteiger charge is 2.42. The van der Waals surface area contributed by atoms with Gasteiger partial charge in [-0.25, -0.2) is 9.78 Å². The number of carboxylic acids is 1. The van der Waals surface area contributed by atoms with Gasteiger partial charge < -0.3 is 9.67 Å². The topological polar surface area (TPSA) is 75.4 Å². The molecule has 0 radical (unpaired) electrons. The Kier molecular flexibility index (Phi) is 6.81. The molecule has 2 saturated heterocycles. The summed E-state index contributed by atoms with van der Waals surface area (Å²) >= 11 is 0. The van der Waals surface area contributed by atoms with E-state index in [-0.39, 0.29) is 11.7 Å². The number of aromatic nitrogens is 2. The molecule has 1 aromatic heterocycles. The summed E-state index contributed by atoms with van der Waals surface area (Å²) in [5.41, 5.74) is 0.558. The number of nitrogens with zero attached hydrogens (tertiary/aromatic N) is 3. The summed E-state index contributed by atoms with van der Waals surface area (Å²) in [5.74, 6) is -1.24. The summed E-state index contributed by atoms with van der Waals surface area (Å²) in [7, 11) is 0. The van der Waals surface area contributed by atoms with Crippen LogP contribution >= 0.6 is 0 Å². The van der Waals surface area contributed by atoms with Gasteiger partial charge in [-0.3, -0.25) is 9.69 Å². The van der Waals surface area contributed by atoms with E-state index >= 15 is 0 Å². The Morgan fingerprint density at radius 2 is 1.36 bits per heavy atom. The normalized spacial score (nSPS) is 27.9. The molecule has 1 aromatic carbocycles. The first-order valence-corrected chi connectivity index (χ1v) is 13.2. The van der Waals surface area contributed by atoms with E-state index in [4.69, 9.17) is 0 Å². The molecule has 6 nitrogen and oxygen atoms in total. The van der Waals surface area contributed by atoms with Crippen molar-refractivity contribution in [1.29, 1.82) is 0 Å². The van der Waals surface area contributed by atoms with E-state index in [0.717, 1.165) is 18.4 Å². The van der Waals surface area contributed by atoms with Crippen molar-refractivity contribution in [2.45, 2.75) is 114 Å². The Morgan fingerprint density at radius 1 is 0.788 bits per heavy atom. The van der Waals surface area contributed by atoms with Crippen LogP contribution in [0.25, 0.3) is 11.0 Å². The van der Waals surface area contributed by atoms with Crippen molar-refractivity contribution >= 4 is 17.0 Å². The average Bonchev–Trinajstić information content (AvgIpc) is 2.81. The van der Waals surface area contributed by atoms with Crippen LogP contribution in [-0.2, 0) is 0 Å². The van der Waals surface area contributed by atoms with Gasteiger partial charge in [0.05, 0.1) is 11.0 Å². The third-order valence-corrected chi connectivity index (χ3v) is 8.37. The van der Waals surface area contributed by atoms with E-state index in [2.05, 4.69) is 9.88 Å². The molecule has 2 aliphatic heterocycles. The molecule has 6 heteroatoms. The zero-order chi connectivity index (χ0) is 22.8. The van der Waals surface area contributed by atoms with Crippen LogP contribution in [0, 0.1) is 0 Å². The number of aromatic carboxylic acids is 1. The molecule has 1 saturated carbocycles. The highest BCUT2D eigenvalue weighted by molar-refractivity contribution is 5.88. The third-order valence-electron chi connectivity index (χ3n) is 8.37. The van der Waals surface area contributed by atoms with E-state index in [1.165, 1.54) is 77.0 Å². The quantitative estimate of drug-likeness (QED) is 0.662. The highest BCUT2D eigenvalue weighted by Crippen LogP contribution is 2.42. The Hall–Kier alpha value is -2.21. The molecule has 5 rings (SSSR count). The first kappa shape index (κ1) is 22.6. The van der Waals surface area contributed by atoms with Crippen molar-refractivity contribution in [3.8, 4) is 0 Å². The summed E-state index contributed by atoms with van der Waals surface area (Å²) in [6.07, 6.45) is 17.7. The molecule has 1 unspecified atom stereocenters. The van der Waals surface area contributed by atoms with Gasteiger partial charge in [0, 0.05) is 24.2 Å². The predicted octanol–water partition coefficient (Wildman–Crippen LogP) is 5.55. The lowest BCUT2D eigenvalue weighted by Crippen LogP contribution is -2.57. The number of benzene rings is 1. The maximum absolute atomic E-state index is 13.3. The molecule has 0 spiro atoms. The van der Waals surface area contributed by atoms with Crippen LogP contribution in [0.1, 0.15) is 106 Å². The molecule has 33 heavy (non-hydrogen) atoms. The summed E-state index contributed by atoms with van der Waals surface area (Å²) in [6.45, 7) is 0. The van der Waals surface area contributed by atoms with Gasteiger partial charge in [-0.15, -0.1) is 0 Å². The van der Waals surface area contributed by atoms with Crippen LogP contribution in [-0.4, -0.2) is 43.7 Å². The van der Waals surface area contributed by atoms with Crippen LogP contribution in [0.3, 0.4) is 0 Å². The number of carboxylic acid groups (broad SMARTS) is 1. The fourth-order valence-electron chi connectivity index (χ4n) is 6.94. The van der Waals surface area contributed by atoms with E-state index in [9.17, 15) is 14.7 Å². The van der Waals surface area contributed by atoms with E-state index in [0.29, 0.717) is 23.6 Å². The fourth-order valence-corrected chi connectivity index (χ4v) is 6.94. The standard InChI is InChI=1S/C27H37N3O3/c31-26-25(27(32)33)28-23-15-8-9-16-24(23)30(26)22-17-20-13-10-14-21(18-22)29(20)19-11-6-4-2-1-3-5-7-12-19/h8-9,15-16,19-22H,1-7,10-14,17-18H2,(H,32,33)/t20-,21+,22?. The number of hydrogen-bond acceptors (Lipinski definition) is 4. The van der Waals surface area contributed by atoms with Gasteiger partial charge >= 0.3 is 5.97 Å². The van der Waals surface area contributed by atoms with Gasteiger partial charge in [-0.1, -0.05) is 63.5 Å². The first-order chi connectivity index (χ1) is 16.1. The highest BCUT2D eigenvalue weighted by atomic mass is 16.4. The Balaban J connectivity index is 1.46. The summed E-state index contributed by atoms with van der Waals surface area (Å²) in [4.78, 5) is 32.1. The molecule has 2 bridgehead atoms. The molecule has 3 aliphatic rings. The van der Waals surface area contributed by atoms with Crippen molar-refractivity contribution in [2.24, 2.45) is 0 Å². The zero-order valence-corrected chi connectivity index (χ0v) is 19.6. The Morgan fingerprint density at radius 3 is 2.00 bits per heavy atom. The van der Waals surface area contributed by atoms with Gasteiger partial charge in [0.2, 0.25) is 5.69 Å². The van der Waals surface area contributed by atoms with Gasteiger partial charge in [0.1, 0.15) is 0 Å². The second-order valence-corrected chi connectivity index (χ2v) is 10.4. The minimum atomic E-state index is -1.24. The first-order valence-electron chi connectivity index (χ1n) is 13.2. The van der Waals surface area contributed by atoms with Gasteiger partial charge in [-0.2, -0.15) is 0 Å². The fraction of sp³-hybridized carbons (Fsp3) is 0.667. The molecular formula is C27H37N3O3. The molecule has 1 aliphatic carbocycles. The maximum atomic E-state index is 13.3. The molecule has 0 amide bonds. The molecule has 3 heterocycles. The molecule has 1 N–H and O–H groups in total. The summed E-state index contributed by atoms with van der Waals surface area (Å²) < 4.78 is 1.78. The van der Waals surface area contributed by atoms with Crippen LogP contribution in [0.2, 0.25) is 0 Å². The monoisotopic (exact) mass is 451 g/mol. The minimum Gasteiger partial charge on any atom is -0.476 e. The lowest BCUT2D eigenvalue weighted by molar-refractivity contribution is -0.0239. The van der Waals surface area contributed by atoms with Crippen molar-refractivity contribution < 1.29 is 9.90 Å².